The van der Waals surface area contributed by atoms with Crippen LogP contribution in [0, 0.1) is 0 Å². The maximum atomic E-state index is 12.9. The van der Waals surface area contributed by atoms with Crippen molar-refractivity contribution in [3.05, 3.63) is 87.3 Å². The van der Waals surface area contributed by atoms with E-state index >= 15 is 0 Å². The standard InChI is InChI=1S/C23H12N2O2S2/c26-22-17-7-14-11-28-12-15(14)8-18(17)23(27)19(22)9-16-1-2-21(29-16)25-6-4-13-3-5-24-10-20(13)25/h1-12H. The number of rotatable bonds is 2. The van der Waals surface area contributed by atoms with E-state index in [4.69, 9.17) is 0 Å². The van der Waals surface area contributed by atoms with Gasteiger partial charge >= 0.3 is 0 Å². The van der Waals surface area contributed by atoms with E-state index in [0.717, 1.165) is 31.6 Å². The third-order valence-corrected chi connectivity index (χ3v) is 7.04. The summed E-state index contributed by atoms with van der Waals surface area (Å²) in [5.41, 5.74) is 2.27. The number of aromatic nitrogens is 2. The Morgan fingerprint density at radius 3 is 2.41 bits per heavy atom. The first-order valence-electron chi connectivity index (χ1n) is 9.01. The molecule has 1 aromatic carbocycles. The van der Waals surface area contributed by atoms with Gasteiger partial charge in [-0.1, -0.05) is 0 Å². The quantitative estimate of drug-likeness (QED) is 0.273. The van der Waals surface area contributed by atoms with Crippen molar-refractivity contribution in [3.63, 3.8) is 0 Å². The maximum absolute atomic E-state index is 12.9. The summed E-state index contributed by atoms with van der Waals surface area (Å²) < 4.78 is 2.07. The Balaban J connectivity index is 1.41. The molecule has 1 aliphatic carbocycles. The predicted octanol–water partition coefficient (Wildman–Crippen LogP) is 5.76. The molecule has 0 fully saturated rings. The maximum Gasteiger partial charge on any atom is 0.197 e. The molecule has 0 unspecified atom stereocenters. The van der Waals surface area contributed by atoms with Crippen molar-refractivity contribution in [2.75, 3.05) is 0 Å². The molecule has 0 atom stereocenters. The van der Waals surface area contributed by atoms with Crippen molar-refractivity contribution in [2.24, 2.45) is 0 Å². The van der Waals surface area contributed by atoms with Crippen molar-refractivity contribution in [3.8, 4) is 5.00 Å². The third kappa shape index (κ3) is 2.46. The predicted molar refractivity (Wildman–Crippen MR) is 117 cm³/mol. The number of benzene rings is 1. The molecule has 0 aliphatic heterocycles. The van der Waals surface area contributed by atoms with Crippen LogP contribution in [-0.2, 0) is 0 Å². The van der Waals surface area contributed by atoms with Gasteiger partial charge in [0.15, 0.2) is 11.6 Å². The molecule has 1 aliphatic rings. The summed E-state index contributed by atoms with van der Waals surface area (Å²) >= 11 is 3.11. The number of nitrogens with zero attached hydrogens (tertiary/aromatic N) is 2. The average molecular weight is 412 g/mol. The SMILES string of the molecule is O=C1C(=Cc2ccc(-n3ccc4ccncc43)s2)C(=O)c2cc3cscc3cc21. The second-order valence-electron chi connectivity index (χ2n) is 6.91. The van der Waals surface area contributed by atoms with E-state index in [0.29, 0.717) is 11.1 Å². The van der Waals surface area contributed by atoms with E-state index in [1.165, 1.54) is 11.3 Å². The summed E-state index contributed by atoms with van der Waals surface area (Å²) in [4.78, 5) is 30.9. The van der Waals surface area contributed by atoms with Crippen LogP contribution in [0.5, 0.6) is 0 Å². The van der Waals surface area contributed by atoms with Crippen molar-refractivity contribution in [1.29, 1.82) is 0 Å². The molecule has 5 aromatic rings. The molecule has 4 heterocycles. The number of ketones is 2. The van der Waals surface area contributed by atoms with Gasteiger partial charge in [-0.25, -0.2) is 0 Å². The summed E-state index contributed by atoms with van der Waals surface area (Å²) in [5.74, 6) is -0.382. The Kier molecular flexibility index (Phi) is 3.47. The number of thiophene rings is 2. The van der Waals surface area contributed by atoms with Crippen LogP contribution in [0.15, 0.2) is 71.3 Å². The zero-order chi connectivity index (χ0) is 19.5. The lowest BCUT2D eigenvalue weighted by molar-refractivity contribution is 0.0990. The van der Waals surface area contributed by atoms with Gasteiger partial charge in [-0.3, -0.25) is 14.6 Å². The first kappa shape index (κ1) is 16.6. The molecule has 0 radical (unpaired) electrons. The Labute approximate surface area is 173 Å². The average Bonchev–Trinajstić information content (AvgIpc) is 3.50. The van der Waals surface area contributed by atoms with Gasteiger partial charge in [0.25, 0.3) is 0 Å². The molecule has 6 heteroatoms. The summed E-state index contributed by atoms with van der Waals surface area (Å²) in [7, 11) is 0. The number of carbonyl (C=O) groups is 2. The topological polar surface area (TPSA) is 52.0 Å². The van der Waals surface area contributed by atoms with E-state index in [9.17, 15) is 9.59 Å². The fourth-order valence-corrected chi connectivity index (χ4v) is 5.49. The lowest BCUT2D eigenvalue weighted by Gasteiger charge is -2.00. The van der Waals surface area contributed by atoms with Crippen molar-refractivity contribution in [2.45, 2.75) is 0 Å². The molecule has 0 saturated carbocycles. The molecule has 4 nitrogen and oxygen atoms in total. The molecule has 0 amide bonds. The van der Waals surface area contributed by atoms with Crippen LogP contribution in [0.25, 0.3) is 32.8 Å². The molecule has 0 saturated heterocycles. The molecule has 138 valence electrons. The highest BCUT2D eigenvalue weighted by molar-refractivity contribution is 7.15. The monoisotopic (exact) mass is 412 g/mol. The first-order chi connectivity index (χ1) is 14.2. The zero-order valence-electron chi connectivity index (χ0n) is 15.0. The Morgan fingerprint density at radius 1 is 0.897 bits per heavy atom. The smallest absolute Gasteiger partial charge is 0.197 e. The first-order valence-corrected chi connectivity index (χ1v) is 10.8. The van der Waals surface area contributed by atoms with Gasteiger partial charge in [0.1, 0.15) is 5.00 Å². The molecule has 4 aromatic heterocycles. The lowest BCUT2D eigenvalue weighted by atomic mass is 10.1. The van der Waals surface area contributed by atoms with Crippen LogP contribution < -0.4 is 0 Å². The highest BCUT2D eigenvalue weighted by Crippen LogP contribution is 2.34. The van der Waals surface area contributed by atoms with Crippen LogP contribution in [0.4, 0.5) is 0 Å². The van der Waals surface area contributed by atoms with Gasteiger partial charge in [0.05, 0.1) is 17.3 Å². The fourth-order valence-electron chi connectivity index (χ4n) is 3.78. The second kappa shape index (κ2) is 6.07. The highest BCUT2D eigenvalue weighted by atomic mass is 32.1. The molecule has 6 rings (SSSR count). The number of carbonyl (C=O) groups excluding carboxylic acids is 2. The van der Waals surface area contributed by atoms with Crippen molar-refractivity contribution >= 4 is 62.0 Å². The van der Waals surface area contributed by atoms with E-state index < -0.39 is 0 Å². The largest absolute Gasteiger partial charge is 0.307 e. The number of hydrogen-bond acceptors (Lipinski definition) is 5. The summed E-state index contributed by atoms with van der Waals surface area (Å²) in [6.07, 6.45) is 7.33. The van der Waals surface area contributed by atoms with Gasteiger partial charge in [-0.05, 0) is 64.0 Å². The molecular weight excluding hydrogens is 400 g/mol. The molecule has 0 bridgehead atoms. The van der Waals surface area contributed by atoms with Crippen LogP contribution >= 0.6 is 22.7 Å². The van der Waals surface area contributed by atoms with Crippen LogP contribution in [0.1, 0.15) is 25.6 Å². The second-order valence-corrected chi connectivity index (χ2v) is 8.75. The minimum atomic E-state index is -0.191. The Hall–Kier alpha value is -3.35. The van der Waals surface area contributed by atoms with E-state index in [2.05, 4.69) is 9.55 Å². The molecular formula is C23H12N2O2S2. The number of hydrogen-bond donors (Lipinski definition) is 0. The van der Waals surface area contributed by atoms with Crippen LogP contribution in [-0.4, -0.2) is 21.1 Å². The Bertz CT molecular complexity index is 1450. The molecule has 0 N–H and O–H groups in total. The summed E-state index contributed by atoms with van der Waals surface area (Å²) in [5, 5.41) is 8.12. The fraction of sp³-hybridized carbons (Fsp3) is 0. The number of allylic oxidation sites excluding steroid dienone is 1. The zero-order valence-corrected chi connectivity index (χ0v) is 16.6. The number of Topliss-reactive ketones (excluding diaryl/α,β-unsaturated/α-hetero) is 2. The normalized spacial score (nSPS) is 13.6. The molecule has 0 spiro atoms. The van der Waals surface area contributed by atoms with E-state index in [-0.39, 0.29) is 17.1 Å². The minimum Gasteiger partial charge on any atom is -0.307 e. The van der Waals surface area contributed by atoms with Crippen LogP contribution in [0.2, 0.25) is 0 Å². The summed E-state index contributed by atoms with van der Waals surface area (Å²) in [6.45, 7) is 0. The van der Waals surface area contributed by atoms with Crippen molar-refractivity contribution in [1.82, 2.24) is 9.55 Å². The van der Waals surface area contributed by atoms with Crippen molar-refractivity contribution < 1.29 is 9.59 Å². The molecule has 29 heavy (non-hydrogen) atoms. The highest BCUT2D eigenvalue weighted by Gasteiger charge is 2.33. The third-order valence-electron chi connectivity index (χ3n) is 5.22. The van der Waals surface area contributed by atoms with Gasteiger partial charge in [-0.2, -0.15) is 11.3 Å². The minimum absolute atomic E-state index is 0.191. The number of fused-ring (bicyclic) bond motifs is 3. The lowest BCUT2D eigenvalue weighted by Crippen LogP contribution is -1.99. The van der Waals surface area contributed by atoms with Gasteiger partial charge in [-0.15, -0.1) is 11.3 Å². The number of pyridine rings is 1. The Morgan fingerprint density at radius 2 is 1.66 bits per heavy atom. The van der Waals surface area contributed by atoms with E-state index in [1.54, 1.807) is 23.6 Å². The van der Waals surface area contributed by atoms with Gasteiger partial charge in [0.2, 0.25) is 0 Å². The van der Waals surface area contributed by atoms with Gasteiger partial charge in [0, 0.05) is 33.8 Å². The summed E-state index contributed by atoms with van der Waals surface area (Å²) in [6, 6.07) is 11.6. The van der Waals surface area contributed by atoms with Crippen LogP contribution in [0.3, 0.4) is 0 Å². The van der Waals surface area contributed by atoms with Gasteiger partial charge < -0.3 is 4.57 Å². The van der Waals surface area contributed by atoms with E-state index in [1.807, 2.05) is 59.6 Å².